The van der Waals surface area contributed by atoms with Crippen molar-refractivity contribution in [1.82, 2.24) is 5.32 Å². The smallest absolute Gasteiger partial charge is 0.0716 e. The van der Waals surface area contributed by atoms with E-state index in [0.717, 1.165) is 26.3 Å². The fourth-order valence-corrected chi connectivity index (χ4v) is 2.10. The number of benzene rings is 1. The summed E-state index contributed by atoms with van der Waals surface area (Å²) < 4.78 is 5.74. The normalized spacial score (nSPS) is 10.8. The summed E-state index contributed by atoms with van der Waals surface area (Å²) in [5, 5.41) is 3.35. The highest BCUT2D eigenvalue weighted by molar-refractivity contribution is 5.22. The van der Waals surface area contributed by atoms with Crippen molar-refractivity contribution in [3.05, 3.63) is 35.4 Å². The summed E-state index contributed by atoms with van der Waals surface area (Å²) in [6.45, 7) is 7.97. The van der Waals surface area contributed by atoms with E-state index in [0.29, 0.717) is 0 Å². The van der Waals surface area contributed by atoms with Crippen LogP contribution in [-0.2, 0) is 17.9 Å². The summed E-state index contributed by atoms with van der Waals surface area (Å²) in [6, 6.07) is 8.66. The Kier molecular flexibility index (Phi) is 9.38. The molecule has 0 aromatic heterocycles. The van der Waals surface area contributed by atoms with E-state index in [2.05, 4.69) is 43.4 Å². The van der Waals surface area contributed by atoms with Gasteiger partial charge in [-0.3, -0.25) is 0 Å². The minimum absolute atomic E-state index is 0.744. The molecule has 2 heteroatoms. The molecule has 108 valence electrons. The Hall–Kier alpha value is -0.860. The van der Waals surface area contributed by atoms with Gasteiger partial charge in [-0.1, -0.05) is 63.8 Å². The Labute approximate surface area is 118 Å². The first-order valence-corrected chi connectivity index (χ1v) is 7.73. The highest BCUT2D eigenvalue weighted by Gasteiger charge is 1.97. The molecule has 0 heterocycles. The van der Waals surface area contributed by atoms with Gasteiger partial charge in [0.25, 0.3) is 0 Å². The molecular weight excluding hydrogens is 234 g/mol. The third-order valence-electron chi connectivity index (χ3n) is 3.23. The van der Waals surface area contributed by atoms with E-state index in [-0.39, 0.29) is 0 Å². The SMILES string of the molecule is CCCCCCCOCc1cccc(CNCC)c1. The minimum Gasteiger partial charge on any atom is -0.377 e. The average molecular weight is 263 g/mol. The Morgan fingerprint density at radius 3 is 2.58 bits per heavy atom. The van der Waals surface area contributed by atoms with Gasteiger partial charge in [0, 0.05) is 13.2 Å². The summed E-state index contributed by atoms with van der Waals surface area (Å²) >= 11 is 0. The van der Waals surface area contributed by atoms with Crippen LogP contribution in [0.1, 0.15) is 57.1 Å². The lowest BCUT2D eigenvalue weighted by Crippen LogP contribution is -2.11. The third-order valence-corrected chi connectivity index (χ3v) is 3.23. The van der Waals surface area contributed by atoms with Crippen LogP contribution in [0, 0.1) is 0 Å². The number of unbranched alkanes of at least 4 members (excludes halogenated alkanes) is 4. The molecule has 0 unspecified atom stereocenters. The van der Waals surface area contributed by atoms with Gasteiger partial charge in [0.15, 0.2) is 0 Å². The van der Waals surface area contributed by atoms with Crippen molar-refractivity contribution >= 4 is 0 Å². The molecule has 0 amide bonds. The zero-order valence-electron chi connectivity index (χ0n) is 12.6. The molecule has 0 atom stereocenters. The highest BCUT2D eigenvalue weighted by atomic mass is 16.5. The van der Waals surface area contributed by atoms with Crippen LogP contribution in [0.2, 0.25) is 0 Å². The van der Waals surface area contributed by atoms with Crippen LogP contribution in [0.15, 0.2) is 24.3 Å². The molecule has 0 aliphatic heterocycles. The molecule has 1 aromatic carbocycles. The first-order valence-electron chi connectivity index (χ1n) is 7.73. The first-order chi connectivity index (χ1) is 9.36. The van der Waals surface area contributed by atoms with Crippen molar-refractivity contribution in [3.63, 3.8) is 0 Å². The Balaban J connectivity index is 2.14. The summed E-state index contributed by atoms with van der Waals surface area (Å²) in [5.74, 6) is 0. The second-order valence-electron chi connectivity index (χ2n) is 5.07. The largest absolute Gasteiger partial charge is 0.377 e. The van der Waals surface area contributed by atoms with Crippen LogP contribution < -0.4 is 5.32 Å². The van der Waals surface area contributed by atoms with Crippen molar-refractivity contribution in [2.24, 2.45) is 0 Å². The molecule has 19 heavy (non-hydrogen) atoms. The number of hydrogen-bond donors (Lipinski definition) is 1. The number of hydrogen-bond acceptors (Lipinski definition) is 2. The van der Waals surface area contributed by atoms with Gasteiger partial charge in [-0.05, 0) is 24.1 Å². The third kappa shape index (κ3) is 8.02. The molecule has 0 radical (unpaired) electrons. The van der Waals surface area contributed by atoms with Crippen LogP contribution in [0.5, 0.6) is 0 Å². The summed E-state index contributed by atoms with van der Waals surface area (Å²) in [6.07, 6.45) is 6.50. The molecule has 0 aliphatic rings. The molecule has 0 saturated carbocycles. The number of rotatable bonds is 11. The Morgan fingerprint density at radius 2 is 1.79 bits per heavy atom. The van der Waals surface area contributed by atoms with Crippen molar-refractivity contribution < 1.29 is 4.74 Å². The predicted octanol–water partition coefficient (Wildman–Crippen LogP) is 4.28. The van der Waals surface area contributed by atoms with Crippen LogP contribution in [0.25, 0.3) is 0 Å². The molecule has 0 spiro atoms. The topological polar surface area (TPSA) is 21.3 Å². The Morgan fingerprint density at radius 1 is 1.00 bits per heavy atom. The summed E-state index contributed by atoms with van der Waals surface area (Å²) in [5.41, 5.74) is 2.62. The van der Waals surface area contributed by atoms with E-state index in [1.165, 1.54) is 43.2 Å². The van der Waals surface area contributed by atoms with Crippen LogP contribution >= 0.6 is 0 Å². The van der Waals surface area contributed by atoms with Crippen LogP contribution in [-0.4, -0.2) is 13.2 Å². The lowest BCUT2D eigenvalue weighted by atomic mass is 10.1. The van der Waals surface area contributed by atoms with Crippen LogP contribution in [0.4, 0.5) is 0 Å². The fourth-order valence-electron chi connectivity index (χ4n) is 2.10. The van der Waals surface area contributed by atoms with E-state index in [1.54, 1.807) is 0 Å². The van der Waals surface area contributed by atoms with Gasteiger partial charge in [0.1, 0.15) is 0 Å². The van der Waals surface area contributed by atoms with Crippen molar-refractivity contribution in [1.29, 1.82) is 0 Å². The summed E-state index contributed by atoms with van der Waals surface area (Å²) in [7, 11) is 0. The van der Waals surface area contributed by atoms with E-state index >= 15 is 0 Å². The Bertz CT molecular complexity index is 325. The van der Waals surface area contributed by atoms with E-state index < -0.39 is 0 Å². The van der Waals surface area contributed by atoms with E-state index in [1.807, 2.05) is 0 Å². The number of nitrogens with one attached hydrogen (secondary N) is 1. The molecule has 0 aliphatic carbocycles. The van der Waals surface area contributed by atoms with Gasteiger partial charge in [-0.25, -0.2) is 0 Å². The van der Waals surface area contributed by atoms with Gasteiger partial charge >= 0.3 is 0 Å². The zero-order valence-corrected chi connectivity index (χ0v) is 12.6. The fraction of sp³-hybridized carbons (Fsp3) is 0.647. The minimum atomic E-state index is 0.744. The standard InChI is InChI=1S/C17H29NO/c1-3-5-6-7-8-12-19-15-17-11-9-10-16(13-17)14-18-4-2/h9-11,13,18H,3-8,12,14-15H2,1-2H3. The first kappa shape index (κ1) is 16.2. The quantitative estimate of drug-likeness (QED) is 0.602. The van der Waals surface area contributed by atoms with Gasteiger partial charge in [0.05, 0.1) is 6.61 Å². The monoisotopic (exact) mass is 263 g/mol. The van der Waals surface area contributed by atoms with Crippen molar-refractivity contribution in [2.45, 2.75) is 59.1 Å². The average Bonchev–Trinajstić information content (AvgIpc) is 2.44. The van der Waals surface area contributed by atoms with Crippen molar-refractivity contribution in [3.8, 4) is 0 Å². The molecule has 2 nitrogen and oxygen atoms in total. The van der Waals surface area contributed by atoms with Gasteiger partial charge in [0.2, 0.25) is 0 Å². The predicted molar refractivity (Wildman–Crippen MR) is 82.2 cm³/mol. The highest BCUT2D eigenvalue weighted by Crippen LogP contribution is 2.08. The van der Waals surface area contributed by atoms with E-state index in [4.69, 9.17) is 4.74 Å². The molecule has 1 N–H and O–H groups in total. The lowest BCUT2D eigenvalue weighted by Gasteiger charge is -2.07. The lowest BCUT2D eigenvalue weighted by molar-refractivity contribution is 0.116. The maximum absolute atomic E-state index is 5.74. The molecule has 0 bridgehead atoms. The zero-order chi connectivity index (χ0) is 13.8. The number of ether oxygens (including phenoxy) is 1. The molecule has 1 aromatic rings. The second kappa shape index (κ2) is 11.0. The van der Waals surface area contributed by atoms with Gasteiger partial charge in [-0.2, -0.15) is 0 Å². The van der Waals surface area contributed by atoms with E-state index in [9.17, 15) is 0 Å². The van der Waals surface area contributed by atoms with Crippen LogP contribution in [0.3, 0.4) is 0 Å². The molecule has 0 fully saturated rings. The van der Waals surface area contributed by atoms with Gasteiger partial charge in [-0.15, -0.1) is 0 Å². The van der Waals surface area contributed by atoms with Gasteiger partial charge < -0.3 is 10.1 Å². The summed E-state index contributed by atoms with van der Waals surface area (Å²) in [4.78, 5) is 0. The second-order valence-corrected chi connectivity index (χ2v) is 5.07. The maximum Gasteiger partial charge on any atom is 0.0716 e. The molecular formula is C17H29NO. The maximum atomic E-state index is 5.74. The molecule has 1 rings (SSSR count). The molecule has 0 saturated heterocycles. The van der Waals surface area contributed by atoms with Crippen molar-refractivity contribution in [2.75, 3.05) is 13.2 Å².